The second kappa shape index (κ2) is 9.25. The Morgan fingerprint density at radius 2 is 1.81 bits per heavy atom. The Bertz CT molecular complexity index is 1250. The maximum atomic E-state index is 14.7. The van der Waals surface area contributed by atoms with Gasteiger partial charge in [-0.1, -0.05) is 12.5 Å². The van der Waals surface area contributed by atoms with Crippen LogP contribution in [0, 0.1) is 29.3 Å². The number of benzene rings is 1. The third kappa shape index (κ3) is 4.04. The number of piperidine rings is 1. The highest BCUT2D eigenvalue weighted by molar-refractivity contribution is 5.43. The Morgan fingerprint density at radius 3 is 2.58 bits per heavy atom. The number of aryl methyl sites for hydroxylation is 1. The summed E-state index contributed by atoms with van der Waals surface area (Å²) in [5.41, 5.74) is 0.129. The van der Waals surface area contributed by atoms with Gasteiger partial charge in [-0.05, 0) is 43.6 Å². The van der Waals surface area contributed by atoms with E-state index < -0.39 is 23.4 Å². The molecule has 2 aliphatic heterocycles. The lowest BCUT2D eigenvalue weighted by Gasteiger charge is -2.38. The average Bonchev–Trinajstić information content (AvgIpc) is 3.30. The molecule has 6 rings (SSSR count). The quantitative estimate of drug-likeness (QED) is 0.529. The number of nitrogens with one attached hydrogen (secondary N) is 1. The van der Waals surface area contributed by atoms with E-state index in [0.29, 0.717) is 42.5 Å². The number of anilines is 2. The predicted octanol–water partition coefficient (Wildman–Crippen LogP) is 4.14. The lowest BCUT2D eigenvalue weighted by molar-refractivity contribution is 0.372. The molecule has 1 aromatic carbocycles. The molecule has 4 atom stereocenters. The molecular formula is C25H28F3N7O. The number of nitrogens with zero attached hydrogens (tertiary/aromatic N) is 6. The van der Waals surface area contributed by atoms with Crippen LogP contribution in [0.4, 0.5) is 24.9 Å². The maximum absolute atomic E-state index is 14.7. The van der Waals surface area contributed by atoms with Gasteiger partial charge < -0.3 is 15.0 Å². The van der Waals surface area contributed by atoms with Gasteiger partial charge in [-0.2, -0.15) is 4.98 Å². The van der Waals surface area contributed by atoms with Gasteiger partial charge in [0.15, 0.2) is 17.5 Å². The Hall–Kier alpha value is -3.37. The summed E-state index contributed by atoms with van der Waals surface area (Å²) in [4.78, 5) is 15.6. The molecule has 0 radical (unpaired) electrons. The van der Waals surface area contributed by atoms with Crippen molar-refractivity contribution in [2.24, 2.45) is 11.8 Å². The van der Waals surface area contributed by atoms with Crippen LogP contribution < -0.4 is 15.0 Å². The van der Waals surface area contributed by atoms with Crippen molar-refractivity contribution in [3.05, 3.63) is 53.4 Å². The van der Waals surface area contributed by atoms with Crippen LogP contribution in [0.15, 0.2) is 24.5 Å². The minimum absolute atomic E-state index is 0.129. The first kappa shape index (κ1) is 23.1. The molecule has 1 unspecified atom stereocenters. The number of ether oxygens (including phenoxy) is 1. The van der Waals surface area contributed by atoms with Crippen molar-refractivity contribution < 1.29 is 17.9 Å². The Balaban J connectivity index is 1.23. The third-order valence-electron chi connectivity index (χ3n) is 7.86. The SMILES string of the molecule is COc1cc(N2C[C@H]3CC[C@@H](C2)C3Nc2nc3n(n2)CCCC[C@@H]3c2ccc(F)c(F)c2F)ncn1. The molecule has 2 bridgehead atoms. The van der Waals surface area contributed by atoms with E-state index in [1.807, 2.05) is 6.07 Å². The molecule has 2 aromatic heterocycles. The molecule has 3 aromatic rings. The summed E-state index contributed by atoms with van der Waals surface area (Å²) in [6.07, 6.45) is 6.01. The fourth-order valence-electron chi connectivity index (χ4n) is 6.09. The lowest BCUT2D eigenvalue weighted by atomic mass is 9.92. The normalized spacial score (nSPS) is 25.4. The molecular weight excluding hydrogens is 471 g/mol. The highest BCUT2D eigenvalue weighted by Gasteiger charge is 2.43. The monoisotopic (exact) mass is 499 g/mol. The van der Waals surface area contributed by atoms with E-state index in [9.17, 15) is 13.2 Å². The number of hydrogen-bond acceptors (Lipinski definition) is 7. The molecule has 1 saturated heterocycles. The van der Waals surface area contributed by atoms with E-state index in [1.165, 1.54) is 12.4 Å². The maximum Gasteiger partial charge on any atom is 0.242 e. The number of methoxy groups -OCH3 is 1. The molecule has 1 aliphatic carbocycles. The Labute approximate surface area is 206 Å². The largest absolute Gasteiger partial charge is 0.481 e. The van der Waals surface area contributed by atoms with E-state index in [1.54, 1.807) is 11.8 Å². The number of halogens is 3. The summed E-state index contributed by atoms with van der Waals surface area (Å²) in [6, 6.07) is 4.39. The van der Waals surface area contributed by atoms with Crippen molar-refractivity contribution >= 4 is 11.8 Å². The first-order chi connectivity index (χ1) is 17.5. The molecule has 2 fully saturated rings. The van der Waals surface area contributed by atoms with Gasteiger partial charge in [-0.15, -0.1) is 5.10 Å². The number of hydrogen-bond donors (Lipinski definition) is 1. The number of fused-ring (bicyclic) bond motifs is 3. The van der Waals surface area contributed by atoms with E-state index >= 15 is 0 Å². The van der Waals surface area contributed by atoms with Gasteiger partial charge in [0.05, 0.1) is 7.11 Å². The average molecular weight is 500 g/mol. The van der Waals surface area contributed by atoms with Crippen LogP contribution in [-0.2, 0) is 6.54 Å². The fraction of sp³-hybridized carbons (Fsp3) is 0.520. The van der Waals surface area contributed by atoms with Gasteiger partial charge in [-0.25, -0.2) is 27.8 Å². The molecule has 36 heavy (non-hydrogen) atoms. The standard InChI is InChI=1S/C25H28F3N7O/c1-36-20-10-19(29-13-30-20)34-11-14-5-6-15(12-34)23(14)31-25-32-24-17(4-2-3-9-35(24)33-25)16-7-8-18(26)22(28)21(16)27/h7-8,10,13-15,17,23H,2-6,9,11-12H2,1H3,(H,31,33)/t14-,15+,17-,23?/m1/s1. The van der Waals surface area contributed by atoms with Crippen molar-refractivity contribution in [1.29, 1.82) is 0 Å². The first-order valence-electron chi connectivity index (χ1n) is 12.5. The molecule has 190 valence electrons. The lowest BCUT2D eigenvalue weighted by Crippen LogP contribution is -2.48. The van der Waals surface area contributed by atoms with E-state index in [-0.39, 0.29) is 11.6 Å². The van der Waals surface area contributed by atoms with Crippen LogP contribution >= 0.6 is 0 Å². The van der Waals surface area contributed by atoms with Crippen LogP contribution in [0.1, 0.15) is 49.4 Å². The second-order valence-corrected chi connectivity index (χ2v) is 9.92. The summed E-state index contributed by atoms with van der Waals surface area (Å²) in [7, 11) is 1.59. The zero-order chi connectivity index (χ0) is 24.8. The summed E-state index contributed by atoms with van der Waals surface area (Å²) in [5, 5.41) is 8.27. The Kier molecular flexibility index (Phi) is 5.93. The minimum atomic E-state index is -1.44. The van der Waals surface area contributed by atoms with Gasteiger partial charge in [0.25, 0.3) is 0 Å². The highest BCUT2D eigenvalue weighted by Crippen LogP contribution is 2.40. The predicted molar refractivity (Wildman–Crippen MR) is 126 cm³/mol. The van der Waals surface area contributed by atoms with Crippen LogP contribution in [0.25, 0.3) is 0 Å². The van der Waals surface area contributed by atoms with E-state index in [0.717, 1.165) is 50.7 Å². The van der Waals surface area contributed by atoms with Crippen molar-refractivity contribution in [1.82, 2.24) is 24.7 Å². The topological polar surface area (TPSA) is 81.0 Å². The van der Waals surface area contributed by atoms with Crippen LogP contribution in [-0.4, -0.2) is 51.0 Å². The van der Waals surface area contributed by atoms with Crippen LogP contribution in [0.2, 0.25) is 0 Å². The minimum Gasteiger partial charge on any atom is -0.481 e. The van der Waals surface area contributed by atoms with Crippen molar-refractivity contribution in [3.8, 4) is 5.88 Å². The zero-order valence-corrected chi connectivity index (χ0v) is 20.0. The number of rotatable bonds is 5. The summed E-state index contributed by atoms with van der Waals surface area (Å²) >= 11 is 0. The van der Waals surface area contributed by atoms with Crippen LogP contribution in [0.5, 0.6) is 5.88 Å². The molecule has 3 aliphatic rings. The molecule has 8 nitrogen and oxygen atoms in total. The van der Waals surface area contributed by atoms with E-state index in [2.05, 4.69) is 20.2 Å². The van der Waals surface area contributed by atoms with Gasteiger partial charge in [-0.3, -0.25) is 0 Å². The van der Waals surface area contributed by atoms with Crippen LogP contribution in [0.3, 0.4) is 0 Å². The van der Waals surface area contributed by atoms with Gasteiger partial charge in [0.2, 0.25) is 11.8 Å². The molecule has 1 saturated carbocycles. The third-order valence-corrected chi connectivity index (χ3v) is 7.86. The van der Waals surface area contributed by atoms with Crippen molar-refractivity contribution in [2.75, 3.05) is 30.4 Å². The molecule has 11 heteroatoms. The Morgan fingerprint density at radius 1 is 1.00 bits per heavy atom. The fourth-order valence-corrected chi connectivity index (χ4v) is 6.09. The van der Waals surface area contributed by atoms with Crippen molar-refractivity contribution in [2.45, 2.75) is 50.6 Å². The highest BCUT2D eigenvalue weighted by atomic mass is 19.2. The van der Waals surface area contributed by atoms with E-state index in [4.69, 9.17) is 14.8 Å². The summed E-state index contributed by atoms with van der Waals surface area (Å²) in [6.45, 7) is 2.36. The second-order valence-electron chi connectivity index (χ2n) is 9.92. The number of aromatic nitrogens is 5. The van der Waals surface area contributed by atoms with Gasteiger partial charge >= 0.3 is 0 Å². The molecule has 4 heterocycles. The molecule has 0 spiro atoms. The van der Waals surface area contributed by atoms with Gasteiger partial charge in [0, 0.05) is 43.2 Å². The summed E-state index contributed by atoms with van der Waals surface area (Å²) in [5.74, 6) is -0.934. The molecule has 0 amide bonds. The smallest absolute Gasteiger partial charge is 0.242 e. The molecule has 1 N–H and O–H groups in total. The summed E-state index contributed by atoms with van der Waals surface area (Å²) < 4.78 is 49.3. The first-order valence-corrected chi connectivity index (χ1v) is 12.5. The van der Waals surface area contributed by atoms with Crippen molar-refractivity contribution in [3.63, 3.8) is 0 Å². The van der Waals surface area contributed by atoms with Gasteiger partial charge in [0.1, 0.15) is 18.0 Å². The zero-order valence-electron chi connectivity index (χ0n) is 20.0.